The summed E-state index contributed by atoms with van der Waals surface area (Å²) in [6.45, 7) is 6.02. The SMILES string of the molecule is CCOc1ccc(S(=O)(=O)N(C)CC(=O)Nc2ccc(C)c(C)c2)cc1. The standard InChI is InChI=1S/C19H24N2O4S/c1-5-25-17-8-10-18(11-9-17)26(23,24)21(4)13-19(22)20-16-7-6-14(2)15(3)12-16/h6-12H,5,13H2,1-4H3,(H,20,22). The minimum Gasteiger partial charge on any atom is -0.494 e. The fourth-order valence-corrected chi connectivity index (χ4v) is 3.49. The van der Waals surface area contributed by atoms with Crippen molar-refractivity contribution in [2.45, 2.75) is 25.7 Å². The maximum atomic E-state index is 12.6. The molecule has 0 aliphatic rings. The van der Waals surface area contributed by atoms with Gasteiger partial charge in [0.25, 0.3) is 0 Å². The summed E-state index contributed by atoms with van der Waals surface area (Å²) >= 11 is 0. The summed E-state index contributed by atoms with van der Waals surface area (Å²) in [6, 6.07) is 11.7. The molecule has 0 atom stereocenters. The first kappa shape index (κ1) is 19.9. The molecule has 140 valence electrons. The summed E-state index contributed by atoms with van der Waals surface area (Å²) in [6.07, 6.45) is 0. The van der Waals surface area contributed by atoms with Gasteiger partial charge in [0.2, 0.25) is 15.9 Å². The van der Waals surface area contributed by atoms with Crippen molar-refractivity contribution in [1.82, 2.24) is 4.31 Å². The van der Waals surface area contributed by atoms with E-state index in [-0.39, 0.29) is 11.4 Å². The Kier molecular flexibility index (Phi) is 6.39. The summed E-state index contributed by atoms with van der Waals surface area (Å²) in [5, 5.41) is 2.73. The van der Waals surface area contributed by atoms with E-state index in [0.29, 0.717) is 18.0 Å². The molecule has 2 aromatic carbocycles. The number of hydrogen-bond acceptors (Lipinski definition) is 4. The van der Waals surface area contributed by atoms with Crippen LogP contribution in [0.5, 0.6) is 5.75 Å². The van der Waals surface area contributed by atoms with E-state index in [1.54, 1.807) is 18.2 Å². The van der Waals surface area contributed by atoms with Gasteiger partial charge in [-0.05, 0) is 68.3 Å². The number of nitrogens with zero attached hydrogens (tertiary/aromatic N) is 1. The molecule has 0 unspecified atom stereocenters. The lowest BCUT2D eigenvalue weighted by molar-refractivity contribution is -0.116. The Morgan fingerprint density at radius 1 is 1.08 bits per heavy atom. The number of carbonyl (C=O) groups excluding carboxylic acids is 1. The van der Waals surface area contributed by atoms with Gasteiger partial charge in [-0.25, -0.2) is 8.42 Å². The zero-order chi connectivity index (χ0) is 19.3. The van der Waals surface area contributed by atoms with E-state index >= 15 is 0 Å². The molecular weight excluding hydrogens is 352 g/mol. The lowest BCUT2D eigenvalue weighted by atomic mass is 10.1. The van der Waals surface area contributed by atoms with E-state index in [4.69, 9.17) is 4.74 Å². The zero-order valence-corrected chi connectivity index (χ0v) is 16.3. The second-order valence-corrected chi connectivity index (χ2v) is 8.06. The Hall–Kier alpha value is -2.38. The van der Waals surface area contributed by atoms with E-state index in [0.717, 1.165) is 15.4 Å². The van der Waals surface area contributed by atoms with Crippen molar-refractivity contribution < 1.29 is 17.9 Å². The molecule has 0 bridgehead atoms. The number of carbonyl (C=O) groups is 1. The van der Waals surface area contributed by atoms with Crippen molar-refractivity contribution in [2.24, 2.45) is 0 Å². The van der Waals surface area contributed by atoms with E-state index < -0.39 is 15.9 Å². The minimum absolute atomic E-state index is 0.113. The van der Waals surface area contributed by atoms with Gasteiger partial charge in [-0.15, -0.1) is 0 Å². The van der Waals surface area contributed by atoms with Crippen LogP contribution in [0.3, 0.4) is 0 Å². The van der Waals surface area contributed by atoms with E-state index in [1.165, 1.54) is 19.2 Å². The molecule has 0 heterocycles. The third-order valence-corrected chi connectivity index (χ3v) is 5.82. The zero-order valence-electron chi connectivity index (χ0n) is 15.4. The van der Waals surface area contributed by atoms with Crippen LogP contribution < -0.4 is 10.1 Å². The summed E-state index contributed by atoms with van der Waals surface area (Å²) in [4.78, 5) is 12.3. The molecule has 0 radical (unpaired) electrons. The highest BCUT2D eigenvalue weighted by atomic mass is 32.2. The van der Waals surface area contributed by atoms with Crippen LogP contribution in [0.1, 0.15) is 18.1 Å². The maximum Gasteiger partial charge on any atom is 0.243 e. The monoisotopic (exact) mass is 376 g/mol. The number of ether oxygens (including phenoxy) is 1. The minimum atomic E-state index is -3.76. The average molecular weight is 376 g/mol. The third kappa shape index (κ3) is 4.83. The molecule has 2 aromatic rings. The number of rotatable bonds is 7. The molecule has 0 spiro atoms. The van der Waals surface area contributed by atoms with Gasteiger partial charge in [0.1, 0.15) is 5.75 Å². The maximum absolute atomic E-state index is 12.6. The van der Waals surface area contributed by atoms with Gasteiger partial charge in [0.15, 0.2) is 0 Å². The Bertz CT molecular complexity index is 877. The van der Waals surface area contributed by atoms with Crippen LogP contribution in [0.4, 0.5) is 5.69 Å². The Morgan fingerprint density at radius 3 is 2.31 bits per heavy atom. The highest BCUT2D eigenvalue weighted by Crippen LogP contribution is 2.19. The number of hydrogen-bond donors (Lipinski definition) is 1. The van der Waals surface area contributed by atoms with Crippen molar-refractivity contribution in [3.05, 3.63) is 53.6 Å². The molecule has 1 amide bonds. The van der Waals surface area contributed by atoms with Crippen LogP contribution in [0.25, 0.3) is 0 Å². The average Bonchev–Trinajstić information content (AvgIpc) is 2.59. The second-order valence-electron chi connectivity index (χ2n) is 6.01. The van der Waals surface area contributed by atoms with Crippen LogP contribution >= 0.6 is 0 Å². The lowest BCUT2D eigenvalue weighted by Crippen LogP contribution is -2.34. The largest absolute Gasteiger partial charge is 0.494 e. The normalized spacial score (nSPS) is 11.4. The summed E-state index contributed by atoms with van der Waals surface area (Å²) in [7, 11) is -2.38. The first-order valence-corrected chi connectivity index (χ1v) is 9.74. The van der Waals surface area contributed by atoms with Crippen LogP contribution in [-0.4, -0.2) is 38.8 Å². The van der Waals surface area contributed by atoms with Crippen LogP contribution in [0, 0.1) is 13.8 Å². The lowest BCUT2D eigenvalue weighted by Gasteiger charge is -2.17. The summed E-state index contributed by atoms with van der Waals surface area (Å²) in [5.41, 5.74) is 2.82. The fourth-order valence-electron chi connectivity index (χ4n) is 2.36. The number of amides is 1. The van der Waals surface area contributed by atoms with Crippen LogP contribution in [0.15, 0.2) is 47.4 Å². The molecule has 0 fully saturated rings. The van der Waals surface area contributed by atoms with Crippen molar-refractivity contribution in [1.29, 1.82) is 0 Å². The predicted molar refractivity (Wildman–Crippen MR) is 102 cm³/mol. The highest BCUT2D eigenvalue weighted by molar-refractivity contribution is 7.89. The second kappa shape index (κ2) is 8.33. The first-order chi connectivity index (χ1) is 12.2. The smallest absolute Gasteiger partial charge is 0.243 e. The molecule has 0 aliphatic carbocycles. The number of sulfonamides is 1. The molecule has 6 nitrogen and oxygen atoms in total. The van der Waals surface area contributed by atoms with E-state index in [1.807, 2.05) is 32.9 Å². The molecule has 26 heavy (non-hydrogen) atoms. The molecule has 1 N–H and O–H groups in total. The van der Waals surface area contributed by atoms with E-state index in [2.05, 4.69) is 5.32 Å². The number of nitrogens with one attached hydrogen (secondary N) is 1. The Balaban J connectivity index is 2.05. The summed E-state index contributed by atoms with van der Waals surface area (Å²) in [5.74, 6) is 0.201. The van der Waals surface area contributed by atoms with Crippen LogP contribution in [-0.2, 0) is 14.8 Å². The first-order valence-electron chi connectivity index (χ1n) is 8.30. The number of likely N-dealkylation sites (N-methyl/N-ethyl adjacent to an activating group) is 1. The Morgan fingerprint density at radius 2 is 1.73 bits per heavy atom. The quantitative estimate of drug-likeness (QED) is 0.806. The molecule has 0 aromatic heterocycles. The predicted octanol–water partition coefficient (Wildman–Crippen LogP) is 2.96. The van der Waals surface area contributed by atoms with Gasteiger partial charge in [-0.1, -0.05) is 6.07 Å². The number of benzene rings is 2. The van der Waals surface area contributed by atoms with Crippen molar-refractivity contribution in [3.63, 3.8) is 0 Å². The van der Waals surface area contributed by atoms with Gasteiger partial charge in [0.05, 0.1) is 18.0 Å². The van der Waals surface area contributed by atoms with Crippen molar-refractivity contribution in [2.75, 3.05) is 25.5 Å². The molecule has 2 rings (SSSR count). The van der Waals surface area contributed by atoms with Gasteiger partial charge >= 0.3 is 0 Å². The van der Waals surface area contributed by atoms with Gasteiger partial charge in [-0.3, -0.25) is 4.79 Å². The van der Waals surface area contributed by atoms with E-state index in [9.17, 15) is 13.2 Å². The fraction of sp³-hybridized carbons (Fsp3) is 0.316. The van der Waals surface area contributed by atoms with Crippen molar-refractivity contribution >= 4 is 21.6 Å². The molecule has 0 aliphatic heterocycles. The highest BCUT2D eigenvalue weighted by Gasteiger charge is 2.23. The Labute approximate surface area is 154 Å². The third-order valence-electron chi connectivity index (χ3n) is 4.00. The van der Waals surface area contributed by atoms with Gasteiger partial charge < -0.3 is 10.1 Å². The van der Waals surface area contributed by atoms with Gasteiger partial charge in [-0.2, -0.15) is 4.31 Å². The molecule has 0 saturated heterocycles. The molecule has 7 heteroatoms. The number of aryl methyl sites for hydroxylation is 2. The summed E-state index contributed by atoms with van der Waals surface area (Å²) < 4.78 is 31.5. The van der Waals surface area contributed by atoms with Crippen LogP contribution in [0.2, 0.25) is 0 Å². The van der Waals surface area contributed by atoms with Gasteiger partial charge in [0, 0.05) is 12.7 Å². The molecular formula is C19H24N2O4S. The van der Waals surface area contributed by atoms with Crippen molar-refractivity contribution in [3.8, 4) is 5.75 Å². The molecule has 0 saturated carbocycles. The topological polar surface area (TPSA) is 75.7 Å². The number of anilines is 1.